The minimum Gasteiger partial charge on any atom is -0.392 e. The molecular weight excluding hydrogens is 208 g/mol. The van der Waals surface area contributed by atoms with E-state index in [4.69, 9.17) is 9.66 Å². The van der Waals surface area contributed by atoms with Crippen LogP contribution in [-0.2, 0) is 15.1 Å². The Morgan fingerprint density at radius 1 is 1.21 bits per heavy atom. The minimum absolute atomic E-state index is 0.0787. The molecule has 0 aliphatic heterocycles. The SMILES string of the molecule is O=S(=O)(O)C(O)(CO)c1ccccc1. The van der Waals surface area contributed by atoms with Gasteiger partial charge in [-0.1, -0.05) is 30.3 Å². The molecule has 0 heterocycles. The highest BCUT2D eigenvalue weighted by Crippen LogP contribution is 2.25. The number of aliphatic hydroxyl groups excluding tert-OH is 1. The fourth-order valence-electron chi connectivity index (χ4n) is 1.02. The lowest BCUT2D eigenvalue weighted by Gasteiger charge is -2.22. The van der Waals surface area contributed by atoms with E-state index >= 15 is 0 Å². The molecule has 0 fully saturated rings. The third kappa shape index (κ3) is 1.78. The maximum Gasteiger partial charge on any atom is 0.301 e. The van der Waals surface area contributed by atoms with E-state index in [1.165, 1.54) is 24.3 Å². The van der Waals surface area contributed by atoms with Gasteiger partial charge >= 0.3 is 10.1 Å². The molecule has 0 bridgehead atoms. The lowest BCUT2D eigenvalue weighted by Crippen LogP contribution is -2.38. The van der Waals surface area contributed by atoms with Crippen LogP contribution in [0, 0.1) is 0 Å². The van der Waals surface area contributed by atoms with Gasteiger partial charge in [0.2, 0.25) is 4.93 Å². The van der Waals surface area contributed by atoms with E-state index in [9.17, 15) is 13.5 Å². The first-order valence-corrected chi connectivity index (χ1v) is 5.21. The van der Waals surface area contributed by atoms with Crippen LogP contribution in [0.15, 0.2) is 30.3 Å². The van der Waals surface area contributed by atoms with Crippen molar-refractivity contribution in [2.75, 3.05) is 6.61 Å². The van der Waals surface area contributed by atoms with Crippen LogP contribution in [0.2, 0.25) is 0 Å². The number of hydrogen-bond acceptors (Lipinski definition) is 4. The van der Waals surface area contributed by atoms with E-state index in [-0.39, 0.29) is 5.56 Å². The van der Waals surface area contributed by atoms with Gasteiger partial charge in [0.1, 0.15) is 0 Å². The van der Waals surface area contributed by atoms with Crippen LogP contribution in [-0.4, -0.2) is 29.8 Å². The van der Waals surface area contributed by atoms with Crippen molar-refractivity contribution in [2.45, 2.75) is 4.93 Å². The Morgan fingerprint density at radius 3 is 2.07 bits per heavy atom. The number of rotatable bonds is 3. The van der Waals surface area contributed by atoms with Crippen molar-refractivity contribution in [3.63, 3.8) is 0 Å². The number of hydrogen-bond donors (Lipinski definition) is 3. The summed E-state index contributed by atoms with van der Waals surface area (Å²) in [6, 6.07) is 7.18. The zero-order valence-corrected chi connectivity index (χ0v) is 7.98. The molecule has 1 unspecified atom stereocenters. The van der Waals surface area contributed by atoms with E-state index in [0.717, 1.165) is 0 Å². The molecule has 0 spiro atoms. The molecule has 1 atom stereocenters. The summed E-state index contributed by atoms with van der Waals surface area (Å²) in [4.78, 5) is -2.64. The first-order valence-electron chi connectivity index (χ1n) is 3.77. The molecule has 0 saturated carbocycles. The summed E-state index contributed by atoms with van der Waals surface area (Å²) < 4.78 is 30.4. The van der Waals surface area contributed by atoms with Crippen LogP contribution < -0.4 is 0 Å². The second-order valence-electron chi connectivity index (χ2n) is 2.78. The van der Waals surface area contributed by atoms with Crippen LogP contribution in [0.4, 0.5) is 0 Å². The molecule has 3 N–H and O–H groups in total. The Kier molecular flexibility index (Phi) is 2.91. The molecule has 1 aromatic carbocycles. The summed E-state index contributed by atoms with van der Waals surface area (Å²) in [5.41, 5.74) is -0.0787. The first-order chi connectivity index (χ1) is 6.42. The van der Waals surface area contributed by atoms with Crippen molar-refractivity contribution < 1.29 is 23.2 Å². The average molecular weight is 218 g/mol. The van der Waals surface area contributed by atoms with E-state index in [1.807, 2.05) is 0 Å². The van der Waals surface area contributed by atoms with Crippen molar-refractivity contribution in [1.82, 2.24) is 0 Å². The highest BCUT2D eigenvalue weighted by atomic mass is 32.2. The van der Waals surface area contributed by atoms with Crippen LogP contribution in [0.25, 0.3) is 0 Å². The van der Waals surface area contributed by atoms with Gasteiger partial charge in [-0.2, -0.15) is 8.42 Å². The molecule has 0 aliphatic rings. The topological polar surface area (TPSA) is 94.8 Å². The largest absolute Gasteiger partial charge is 0.392 e. The lowest BCUT2D eigenvalue weighted by atomic mass is 10.1. The highest BCUT2D eigenvalue weighted by Gasteiger charge is 2.42. The predicted octanol–water partition coefficient (Wildman–Crippen LogP) is -0.288. The third-order valence-electron chi connectivity index (χ3n) is 1.87. The van der Waals surface area contributed by atoms with Crippen molar-refractivity contribution in [3.8, 4) is 0 Å². The van der Waals surface area contributed by atoms with Gasteiger partial charge in [-0.25, -0.2) is 0 Å². The van der Waals surface area contributed by atoms with Crippen LogP contribution in [0.5, 0.6) is 0 Å². The fourth-order valence-corrected chi connectivity index (χ4v) is 1.62. The van der Waals surface area contributed by atoms with Gasteiger partial charge in [-0.05, 0) is 0 Å². The van der Waals surface area contributed by atoms with Gasteiger partial charge in [-0.15, -0.1) is 0 Å². The molecular formula is C8H10O5S. The van der Waals surface area contributed by atoms with Crippen LogP contribution in [0.1, 0.15) is 5.56 Å². The number of aliphatic hydroxyl groups is 2. The molecule has 6 heteroatoms. The second kappa shape index (κ2) is 3.66. The smallest absolute Gasteiger partial charge is 0.301 e. The lowest BCUT2D eigenvalue weighted by molar-refractivity contribution is 0.0457. The van der Waals surface area contributed by atoms with Gasteiger partial charge in [0.25, 0.3) is 0 Å². The fraction of sp³-hybridized carbons (Fsp3) is 0.250. The van der Waals surface area contributed by atoms with E-state index in [1.54, 1.807) is 6.07 Å². The van der Waals surface area contributed by atoms with E-state index < -0.39 is 21.7 Å². The maximum absolute atomic E-state index is 10.8. The minimum atomic E-state index is -4.76. The normalized spacial score (nSPS) is 16.2. The summed E-state index contributed by atoms with van der Waals surface area (Å²) in [7, 11) is -4.76. The van der Waals surface area contributed by atoms with Crippen LogP contribution in [0.3, 0.4) is 0 Å². The van der Waals surface area contributed by atoms with E-state index in [2.05, 4.69) is 0 Å². The Hall–Kier alpha value is -0.950. The molecule has 0 aliphatic carbocycles. The zero-order valence-electron chi connectivity index (χ0n) is 7.16. The monoisotopic (exact) mass is 218 g/mol. The Balaban J connectivity index is 3.30. The van der Waals surface area contributed by atoms with Gasteiger partial charge in [-0.3, -0.25) is 4.55 Å². The molecule has 14 heavy (non-hydrogen) atoms. The first kappa shape index (κ1) is 11.1. The third-order valence-corrected chi connectivity index (χ3v) is 3.08. The molecule has 0 saturated heterocycles. The second-order valence-corrected chi connectivity index (χ2v) is 4.41. The molecule has 0 radical (unpaired) electrons. The summed E-state index contributed by atoms with van der Waals surface area (Å²) >= 11 is 0. The predicted molar refractivity (Wildman–Crippen MR) is 49.0 cm³/mol. The maximum atomic E-state index is 10.8. The van der Waals surface area contributed by atoms with Crippen molar-refractivity contribution in [3.05, 3.63) is 35.9 Å². The molecule has 0 aromatic heterocycles. The van der Waals surface area contributed by atoms with Gasteiger partial charge in [0.05, 0.1) is 6.61 Å². The quantitative estimate of drug-likeness (QED) is 0.606. The van der Waals surface area contributed by atoms with Crippen molar-refractivity contribution >= 4 is 10.1 Å². The van der Waals surface area contributed by atoms with Crippen molar-refractivity contribution in [2.24, 2.45) is 0 Å². The summed E-state index contributed by atoms with van der Waals surface area (Å²) in [6.45, 7) is -1.10. The van der Waals surface area contributed by atoms with Gasteiger partial charge in [0, 0.05) is 5.56 Å². The molecule has 0 amide bonds. The Labute approximate surface area is 81.4 Å². The average Bonchev–Trinajstić information content (AvgIpc) is 2.16. The van der Waals surface area contributed by atoms with E-state index in [0.29, 0.717) is 0 Å². The van der Waals surface area contributed by atoms with Crippen molar-refractivity contribution in [1.29, 1.82) is 0 Å². The summed E-state index contributed by atoms with van der Waals surface area (Å²) in [5.74, 6) is 0. The van der Waals surface area contributed by atoms with Gasteiger partial charge < -0.3 is 10.2 Å². The van der Waals surface area contributed by atoms with Gasteiger partial charge in [0.15, 0.2) is 0 Å². The zero-order chi connectivity index (χ0) is 10.8. The molecule has 78 valence electrons. The molecule has 1 aromatic rings. The summed E-state index contributed by atoms with van der Waals surface area (Å²) in [5, 5.41) is 18.3. The van der Waals surface area contributed by atoms with Crippen LogP contribution >= 0.6 is 0 Å². The standard InChI is InChI=1S/C8H10O5S/c9-6-8(10,14(11,12)13)7-4-2-1-3-5-7/h1-5,9-10H,6H2,(H,11,12,13). The number of benzene rings is 1. The summed E-state index contributed by atoms with van der Waals surface area (Å²) in [6.07, 6.45) is 0. The molecule has 5 nitrogen and oxygen atoms in total. The molecule has 1 rings (SSSR count). The Morgan fingerprint density at radius 2 is 1.71 bits per heavy atom. The Bertz CT molecular complexity index is 399. The highest BCUT2D eigenvalue weighted by molar-refractivity contribution is 7.86.